The number of nitrogens with one attached hydrogen (secondary N) is 1. The second-order valence-electron chi connectivity index (χ2n) is 8.11. The van der Waals surface area contributed by atoms with Gasteiger partial charge in [0.15, 0.2) is 5.69 Å². The lowest BCUT2D eigenvalue weighted by atomic mass is 9.99. The van der Waals surface area contributed by atoms with Gasteiger partial charge in [-0.15, -0.1) is 0 Å². The maximum Gasteiger partial charge on any atom is 0.361 e. The van der Waals surface area contributed by atoms with Gasteiger partial charge in [-0.25, -0.2) is 13.2 Å². The zero-order valence-electron chi connectivity index (χ0n) is 19.0. The highest BCUT2D eigenvalue weighted by Crippen LogP contribution is 2.27. The average Bonchev–Trinajstić information content (AvgIpc) is 3.31. The number of anilines is 1. The summed E-state index contributed by atoms with van der Waals surface area (Å²) < 4.78 is 35.8. The van der Waals surface area contributed by atoms with E-state index in [4.69, 9.17) is 4.74 Å². The molecule has 11 nitrogen and oxygen atoms in total. The van der Waals surface area contributed by atoms with Crippen LogP contribution in [0.15, 0.2) is 17.3 Å². The summed E-state index contributed by atoms with van der Waals surface area (Å²) in [7, 11) is -2.09. The Labute approximate surface area is 187 Å². The van der Waals surface area contributed by atoms with Gasteiger partial charge in [-0.2, -0.15) is 14.5 Å². The van der Waals surface area contributed by atoms with Crippen molar-refractivity contribution in [1.82, 2.24) is 23.9 Å². The quantitative estimate of drug-likeness (QED) is 0.613. The number of sulfonamides is 1. The van der Waals surface area contributed by atoms with Crippen LogP contribution in [0.25, 0.3) is 0 Å². The number of ether oxygens (including phenoxy) is 1. The van der Waals surface area contributed by atoms with Gasteiger partial charge in [-0.1, -0.05) is 0 Å². The molecule has 2 aromatic heterocycles. The molecule has 32 heavy (non-hydrogen) atoms. The van der Waals surface area contributed by atoms with E-state index in [-0.39, 0.29) is 34.8 Å². The summed E-state index contributed by atoms with van der Waals surface area (Å²) in [6.07, 6.45) is 3.67. The normalized spacial score (nSPS) is 17.5. The van der Waals surface area contributed by atoms with Crippen molar-refractivity contribution in [2.45, 2.75) is 58.1 Å². The summed E-state index contributed by atoms with van der Waals surface area (Å²) in [4.78, 5) is 25.5. The smallest absolute Gasteiger partial charge is 0.361 e. The zero-order chi connectivity index (χ0) is 23.6. The van der Waals surface area contributed by atoms with E-state index in [9.17, 15) is 18.0 Å². The standard InChI is InChI=1S/C20H30N6O5S/c1-6-25-12-16(18(23-25)20(28)31-13(2)3)22-19(27)15-8-7-9-26(11-15)32(29,30)17-10-21-24(5)14(17)4/h10,12-13,15H,6-9,11H2,1-5H3,(H,22,27)/t15-/m1/s1. The Morgan fingerprint density at radius 3 is 2.66 bits per heavy atom. The Kier molecular flexibility index (Phi) is 7.03. The van der Waals surface area contributed by atoms with Gasteiger partial charge in [-0.3, -0.25) is 14.2 Å². The van der Waals surface area contributed by atoms with Gasteiger partial charge < -0.3 is 10.1 Å². The number of esters is 1. The third-order valence-corrected chi connectivity index (χ3v) is 7.41. The van der Waals surface area contributed by atoms with E-state index in [0.29, 0.717) is 31.6 Å². The van der Waals surface area contributed by atoms with Gasteiger partial charge in [0.2, 0.25) is 15.9 Å². The third-order valence-electron chi connectivity index (χ3n) is 5.44. The molecule has 0 spiro atoms. The molecule has 0 bridgehead atoms. The van der Waals surface area contributed by atoms with Crippen molar-refractivity contribution < 1.29 is 22.7 Å². The first kappa shape index (κ1) is 23.9. The zero-order valence-corrected chi connectivity index (χ0v) is 19.8. The van der Waals surface area contributed by atoms with Gasteiger partial charge in [0, 0.05) is 32.9 Å². The fraction of sp³-hybridized carbons (Fsp3) is 0.600. The van der Waals surface area contributed by atoms with Crippen LogP contribution in [0.3, 0.4) is 0 Å². The second kappa shape index (κ2) is 9.41. The monoisotopic (exact) mass is 466 g/mol. The fourth-order valence-electron chi connectivity index (χ4n) is 3.58. The summed E-state index contributed by atoms with van der Waals surface area (Å²) in [6, 6.07) is 0. The Morgan fingerprint density at radius 1 is 1.34 bits per heavy atom. The van der Waals surface area contributed by atoms with Crippen LogP contribution in [-0.2, 0) is 33.1 Å². The second-order valence-corrected chi connectivity index (χ2v) is 10.0. The summed E-state index contributed by atoms with van der Waals surface area (Å²) in [5.74, 6) is -1.54. The van der Waals surface area contributed by atoms with Crippen LogP contribution in [0.4, 0.5) is 5.69 Å². The number of aryl methyl sites for hydroxylation is 2. The number of amides is 1. The molecule has 1 N–H and O–H groups in total. The van der Waals surface area contributed by atoms with Crippen LogP contribution in [0.2, 0.25) is 0 Å². The Morgan fingerprint density at radius 2 is 2.06 bits per heavy atom. The SMILES string of the molecule is CCn1cc(NC(=O)[C@@H]2CCCN(S(=O)(=O)c3cnn(C)c3C)C2)c(C(=O)OC(C)C)n1. The fourth-order valence-corrected chi connectivity index (χ4v) is 5.29. The minimum absolute atomic E-state index is 0.0279. The predicted octanol–water partition coefficient (Wildman–Crippen LogP) is 1.55. The molecule has 1 aliphatic heterocycles. The summed E-state index contributed by atoms with van der Waals surface area (Å²) in [6.45, 7) is 7.91. The number of carbonyl (C=O) groups is 2. The lowest BCUT2D eigenvalue weighted by Gasteiger charge is -2.31. The van der Waals surface area contributed by atoms with Crippen molar-refractivity contribution in [2.24, 2.45) is 13.0 Å². The molecular weight excluding hydrogens is 436 g/mol. The van der Waals surface area contributed by atoms with E-state index < -0.39 is 21.9 Å². The molecule has 1 saturated heterocycles. The Hall–Kier alpha value is -2.73. The van der Waals surface area contributed by atoms with Gasteiger partial charge in [0.1, 0.15) is 4.90 Å². The van der Waals surface area contributed by atoms with Crippen LogP contribution < -0.4 is 5.32 Å². The first-order valence-electron chi connectivity index (χ1n) is 10.6. The topological polar surface area (TPSA) is 128 Å². The van der Waals surface area contributed by atoms with Crippen LogP contribution in [-0.4, -0.2) is 63.4 Å². The Bertz CT molecular complexity index is 1100. The van der Waals surface area contributed by atoms with Crippen molar-refractivity contribution in [3.63, 3.8) is 0 Å². The molecule has 1 aliphatic rings. The molecule has 0 unspecified atom stereocenters. The van der Waals surface area contributed by atoms with E-state index in [0.717, 1.165) is 0 Å². The van der Waals surface area contributed by atoms with E-state index in [1.165, 1.54) is 19.9 Å². The summed E-state index contributed by atoms with van der Waals surface area (Å²) >= 11 is 0. The summed E-state index contributed by atoms with van der Waals surface area (Å²) in [5, 5.41) is 11.0. The van der Waals surface area contributed by atoms with E-state index >= 15 is 0 Å². The maximum atomic E-state index is 13.1. The minimum Gasteiger partial charge on any atom is -0.458 e. The maximum absolute atomic E-state index is 13.1. The van der Waals surface area contributed by atoms with Crippen molar-refractivity contribution in [3.05, 3.63) is 23.8 Å². The van der Waals surface area contributed by atoms with Crippen LogP contribution in [0, 0.1) is 12.8 Å². The number of hydrogen-bond acceptors (Lipinski definition) is 7. The largest absolute Gasteiger partial charge is 0.458 e. The number of carbonyl (C=O) groups excluding carboxylic acids is 2. The van der Waals surface area contributed by atoms with Crippen LogP contribution in [0.1, 0.15) is 49.8 Å². The van der Waals surface area contributed by atoms with Crippen molar-refractivity contribution in [2.75, 3.05) is 18.4 Å². The molecule has 0 radical (unpaired) electrons. The highest BCUT2D eigenvalue weighted by atomic mass is 32.2. The number of hydrogen-bond donors (Lipinski definition) is 1. The van der Waals surface area contributed by atoms with E-state index in [1.807, 2.05) is 6.92 Å². The number of nitrogens with zero attached hydrogens (tertiary/aromatic N) is 5. The number of aromatic nitrogens is 4. The summed E-state index contributed by atoms with van der Waals surface area (Å²) in [5.41, 5.74) is 0.822. The molecule has 0 saturated carbocycles. The molecule has 176 valence electrons. The molecule has 3 rings (SSSR count). The van der Waals surface area contributed by atoms with Gasteiger partial charge in [0.25, 0.3) is 0 Å². The van der Waals surface area contributed by atoms with Crippen LogP contribution in [0.5, 0.6) is 0 Å². The third kappa shape index (κ3) is 4.85. The molecule has 1 atom stereocenters. The number of rotatable bonds is 7. The van der Waals surface area contributed by atoms with Crippen LogP contribution >= 0.6 is 0 Å². The average molecular weight is 467 g/mol. The highest BCUT2D eigenvalue weighted by Gasteiger charge is 2.35. The first-order valence-corrected chi connectivity index (χ1v) is 12.1. The lowest BCUT2D eigenvalue weighted by Crippen LogP contribution is -2.43. The van der Waals surface area contributed by atoms with Gasteiger partial charge >= 0.3 is 5.97 Å². The first-order chi connectivity index (χ1) is 15.0. The molecule has 1 amide bonds. The predicted molar refractivity (Wildman–Crippen MR) is 117 cm³/mol. The molecule has 0 aromatic carbocycles. The Balaban J connectivity index is 1.77. The molecule has 1 fully saturated rings. The molecule has 0 aliphatic carbocycles. The van der Waals surface area contributed by atoms with E-state index in [1.54, 1.807) is 34.0 Å². The minimum atomic E-state index is -3.77. The molecule has 2 aromatic rings. The van der Waals surface area contributed by atoms with E-state index in [2.05, 4.69) is 15.5 Å². The molecular formula is C20H30N6O5S. The number of piperidine rings is 1. The van der Waals surface area contributed by atoms with Crippen molar-refractivity contribution >= 4 is 27.6 Å². The van der Waals surface area contributed by atoms with Crippen molar-refractivity contribution in [1.29, 1.82) is 0 Å². The molecule has 3 heterocycles. The molecule has 12 heteroatoms. The highest BCUT2D eigenvalue weighted by molar-refractivity contribution is 7.89. The lowest BCUT2D eigenvalue weighted by molar-refractivity contribution is -0.120. The van der Waals surface area contributed by atoms with Gasteiger partial charge in [0.05, 0.1) is 29.6 Å². The van der Waals surface area contributed by atoms with Crippen molar-refractivity contribution in [3.8, 4) is 0 Å². The van der Waals surface area contributed by atoms with Gasteiger partial charge in [-0.05, 0) is 40.5 Å².